The minimum absolute atomic E-state index is 0.0844. The Hall–Kier alpha value is -0.600. The first-order valence-corrected chi connectivity index (χ1v) is 7.16. The monoisotopic (exact) mass is 309 g/mol. The van der Waals surface area contributed by atoms with Gasteiger partial charge in [0.15, 0.2) is 0 Å². The molecule has 1 unspecified atom stereocenters. The molecule has 0 heterocycles. The van der Waals surface area contributed by atoms with Crippen LogP contribution >= 0.6 is 15.9 Å². The second-order valence-corrected chi connectivity index (χ2v) is 7.18. The summed E-state index contributed by atoms with van der Waals surface area (Å²) in [6, 6.07) is 8.53. The Bertz CT molecular complexity index is 389. The van der Waals surface area contributed by atoms with Crippen LogP contribution in [0.15, 0.2) is 41.4 Å². The Morgan fingerprint density at radius 2 is 1.72 bits per heavy atom. The summed E-state index contributed by atoms with van der Waals surface area (Å²) in [6.45, 7) is 13.8. The molecule has 0 amide bonds. The van der Waals surface area contributed by atoms with E-state index in [0.29, 0.717) is 0 Å². The molecule has 0 aliphatic carbocycles. The number of benzene rings is 1. The van der Waals surface area contributed by atoms with Crippen LogP contribution in [0, 0.1) is 5.41 Å². The lowest BCUT2D eigenvalue weighted by atomic mass is 9.83. The summed E-state index contributed by atoms with van der Waals surface area (Å²) < 4.78 is 1.12. The number of nitrogens with one attached hydrogen (secondary N) is 1. The zero-order valence-electron chi connectivity index (χ0n) is 11.9. The van der Waals surface area contributed by atoms with Gasteiger partial charge < -0.3 is 5.32 Å². The maximum Gasteiger partial charge on any atom is 0.0175 e. The lowest BCUT2D eigenvalue weighted by molar-refractivity contribution is 0.322. The van der Waals surface area contributed by atoms with Crippen LogP contribution in [-0.2, 0) is 6.42 Å². The molecule has 0 saturated carbocycles. The summed E-state index contributed by atoms with van der Waals surface area (Å²) in [5.74, 6) is 0. The maximum atomic E-state index is 4.00. The lowest BCUT2D eigenvalue weighted by Gasteiger charge is -2.31. The third kappa shape index (κ3) is 5.36. The highest BCUT2D eigenvalue weighted by atomic mass is 79.9. The van der Waals surface area contributed by atoms with E-state index in [1.165, 1.54) is 5.56 Å². The van der Waals surface area contributed by atoms with Gasteiger partial charge in [-0.25, -0.2) is 0 Å². The Labute approximate surface area is 120 Å². The van der Waals surface area contributed by atoms with E-state index in [-0.39, 0.29) is 11.0 Å². The fourth-order valence-electron chi connectivity index (χ4n) is 1.74. The van der Waals surface area contributed by atoms with Gasteiger partial charge in [-0.2, -0.15) is 0 Å². The van der Waals surface area contributed by atoms with E-state index >= 15 is 0 Å². The van der Waals surface area contributed by atoms with E-state index in [4.69, 9.17) is 0 Å². The minimum Gasteiger partial charge on any atom is -0.311 e. The number of rotatable bonds is 5. The molecule has 2 heteroatoms. The third-order valence-electron chi connectivity index (χ3n) is 3.04. The predicted molar refractivity (Wildman–Crippen MR) is 83.9 cm³/mol. The van der Waals surface area contributed by atoms with E-state index in [1.807, 2.05) is 0 Å². The van der Waals surface area contributed by atoms with E-state index < -0.39 is 0 Å². The van der Waals surface area contributed by atoms with Gasteiger partial charge in [0, 0.05) is 22.0 Å². The highest BCUT2D eigenvalue weighted by Crippen LogP contribution is 2.25. The SMILES string of the molecule is C=CC(C)(CNC(C)(C)C)Cc1ccc(Br)cc1. The van der Waals surface area contributed by atoms with Crippen LogP contribution in [0.4, 0.5) is 0 Å². The molecule has 100 valence electrons. The van der Waals surface area contributed by atoms with Crippen LogP contribution in [-0.4, -0.2) is 12.1 Å². The van der Waals surface area contributed by atoms with Crippen LogP contribution in [0.2, 0.25) is 0 Å². The van der Waals surface area contributed by atoms with Crippen molar-refractivity contribution in [3.05, 3.63) is 47.0 Å². The quantitative estimate of drug-likeness (QED) is 0.785. The van der Waals surface area contributed by atoms with E-state index in [9.17, 15) is 0 Å². The highest BCUT2D eigenvalue weighted by molar-refractivity contribution is 9.10. The Balaban J connectivity index is 2.70. The predicted octanol–water partition coefficient (Wildman–Crippen LogP) is 4.57. The summed E-state index contributed by atoms with van der Waals surface area (Å²) in [4.78, 5) is 0. The average molecular weight is 310 g/mol. The zero-order chi connectivity index (χ0) is 13.8. The van der Waals surface area contributed by atoms with Crippen LogP contribution in [0.25, 0.3) is 0 Å². The van der Waals surface area contributed by atoms with Crippen molar-refractivity contribution >= 4 is 15.9 Å². The van der Waals surface area contributed by atoms with Crippen molar-refractivity contribution in [2.45, 2.75) is 39.7 Å². The smallest absolute Gasteiger partial charge is 0.0175 e. The van der Waals surface area contributed by atoms with Crippen molar-refractivity contribution in [2.24, 2.45) is 5.41 Å². The minimum atomic E-state index is 0.0844. The molecule has 0 aliphatic heterocycles. The molecule has 1 aromatic carbocycles. The van der Waals surface area contributed by atoms with Gasteiger partial charge in [0.1, 0.15) is 0 Å². The van der Waals surface area contributed by atoms with Gasteiger partial charge in [0.2, 0.25) is 0 Å². The second kappa shape index (κ2) is 6.03. The molecule has 1 atom stereocenters. The topological polar surface area (TPSA) is 12.0 Å². The molecule has 18 heavy (non-hydrogen) atoms. The molecule has 0 aromatic heterocycles. The largest absolute Gasteiger partial charge is 0.311 e. The summed E-state index contributed by atoms with van der Waals surface area (Å²) in [6.07, 6.45) is 3.07. The number of hydrogen-bond acceptors (Lipinski definition) is 1. The number of halogens is 1. The fraction of sp³-hybridized carbons (Fsp3) is 0.500. The maximum absolute atomic E-state index is 4.00. The van der Waals surface area contributed by atoms with Gasteiger partial charge in [0.05, 0.1) is 0 Å². The van der Waals surface area contributed by atoms with Gasteiger partial charge in [-0.1, -0.05) is 41.1 Å². The molecule has 0 radical (unpaired) electrons. The molecule has 0 saturated heterocycles. The molecule has 0 aliphatic rings. The first kappa shape index (κ1) is 15.5. The van der Waals surface area contributed by atoms with E-state index in [0.717, 1.165) is 17.4 Å². The Morgan fingerprint density at radius 1 is 1.17 bits per heavy atom. The highest BCUT2D eigenvalue weighted by Gasteiger charge is 2.23. The second-order valence-electron chi connectivity index (χ2n) is 6.26. The van der Waals surface area contributed by atoms with Crippen LogP contribution in [0.3, 0.4) is 0 Å². The van der Waals surface area contributed by atoms with Crippen LogP contribution in [0.5, 0.6) is 0 Å². The Kier molecular flexibility index (Phi) is 5.18. The van der Waals surface area contributed by atoms with Crippen LogP contribution in [0.1, 0.15) is 33.3 Å². The molecule has 1 rings (SSSR count). The number of hydrogen-bond donors (Lipinski definition) is 1. The standard InChI is InChI=1S/C16H24BrN/c1-6-16(5,12-18-15(2,3)4)11-13-7-9-14(17)10-8-13/h6-10,18H,1,11-12H2,2-5H3. The summed E-state index contributed by atoms with van der Waals surface area (Å²) in [5.41, 5.74) is 1.57. The molecular formula is C16H24BrN. The van der Waals surface area contributed by atoms with Crippen LogP contribution < -0.4 is 5.32 Å². The van der Waals surface area contributed by atoms with Crippen molar-refractivity contribution in [1.82, 2.24) is 5.32 Å². The zero-order valence-corrected chi connectivity index (χ0v) is 13.5. The molecule has 0 spiro atoms. The van der Waals surface area contributed by atoms with Gasteiger partial charge in [-0.15, -0.1) is 6.58 Å². The molecule has 1 aromatic rings. The first-order valence-electron chi connectivity index (χ1n) is 6.37. The van der Waals surface area contributed by atoms with Gasteiger partial charge >= 0.3 is 0 Å². The molecule has 1 nitrogen and oxygen atoms in total. The summed E-state index contributed by atoms with van der Waals surface area (Å²) >= 11 is 3.47. The third-order valence-corrected chi connectivity index (χ3v) is 3.57. The summed E-state index contributed by atoms with van der Waals surface area (Å²) in [7, 11) is 0. The average Bonchev–Trinajstić information content (AvgIpc) is 2.29. The summed E-state index contributed by atoms with van der Waals surface area (Å²) in [5, 5.41) is 3.56. The normalized spacial score (nSPS) is 15.2. The first-order chi connectivity index (χ1) is 8.24. The molecular weight excluding hydrogens is 286 g/mol. The van der Waals surface area contributed by atoms with Gasteiger partial charge in [0.25, 0.3) is 0 Å². The Morgan fingerprint density at radius 3 is 2.17 bits per heavy atom. The van der Waals surface area contributed by atoms with Crippen molar-refractivity contribution in [3.63, 3.8) is 0 Å². The van der Waals surface area contributed by atoms with E-state index in [2.05, 4.69) is 85.9 Å². The van der Waals surface area contributed by atoms with E-state index in [1.54, 1.807) is 0 Å². The van der Waals surface area contributed by atoms with Crippen molar-refractivity contribution < 1.29 is 0 Å². The van der Waals surface area contributed by atoms with Gasteiger partial charge in [-0.3, -0.25) is 0 Å². The van der Waals surface area contributed by atoms with Gasteiger partial charge in [-0.05, 0) is 44.9 Å². The molecule has 1 N–H and O–H groups in total. The molecule has 0 bridgehead atoms. The van der Waals surface area contributed by atoms with Crippen molar-refractivity contribution in [1.29, 1.82) is 0 Å². The molecule has 0 fully saturated rings. The fourth-order valence-corrected chi connectivity index (χ4v) is 2.01. The lowest BCUT2D eigenvalue weighted by Crippen LogP contribution is -2.43. The van der Waals surface area contributed by atoms with Crippen molar-refractivity contribution in [3.8, 4) is 0 Å². The van der Waals surface area contributed by atoms with Crippen molar-refractivity contribution in [2.75, 3.05) is 6.54 Å².